The van der Waals surface area contributed by atoms with Gasteiger partial charge in [0.2, 0.25) is 0 Å². The van der Waals surface area contributed by atoms with Crippen molar-refractivity contribution < 1.29 is 4.74 Å². The van der Waals surface area contributed by atoms with E-state index in [1.165, 1.54) is 12.8 Å². The summed E-state index contributed by atoms with van der Waals surface area (Å²) >= 11 is 3.50. The lowest BCUT2D eigenvalue weighted by molar-refractivity contribution is 0.195. The monoisotopic (exact) mass is 283 g/mol. The molecule has 0 saturated carbocycles. The number of hydrogen-bond donors (Lipinski definition) is 1. The van der Waals surface area contributed by atoms with Gasteiger partial charge in [-0.05, 0) is 60.8 Å². The summed E-state index contributed by atoms with van der Waals surface area (Å²) in [6.45, 7) is 3.30. The average molecular weight is 284 g/mol. The van der Waals surface area contributed by atoms with Crippen LogP contribution in [0.25, 0.3) is 0 Å². The van der Waals surface area contributed by atoms with Crippen LogP contribution in [-0.2, 0) is 0 Å². The molecular weight excluding hydrogens is 266 g/mol. The zero-order valence-corrected chi connectivity index (χ0v) is 11.2. The fourth-order valence-electron chi connectivity index (χ4n) is 2.16. The first-order valence-corrected chi connectivity index (χ1v) is 6.69. The molecule has 1 heterocycles. The fourth-order valence-corrected chi connectivity index (χ4v) is 2.54. The van der Waals surface area contributed by atoms with Crippen molar-refractivity contribution in [1.29, 1.82) is 0 Å². The number of nitrogens with one attached hydrogen (secondary N) is 1. The van der Waals surface area contributed by atoms with Crippen molar-refractivity contribution in [1.82, 2.24) is 5.32 Å². The second-order valence-corrected chi connectivity index (χ2v) is 5.24. The molecular formula is C13H18BrNO. The number of halogens is 1. The first-order chi connectivity index (χ1) is 7.75. The SMILES string of the molecule is CC(CC1CCCN1)Oc1ccccc1Br. The lowest BCUT2D eigenvalue weighted by Gasteiger charge is -2.19. The van der Waals surface area contributed by atoms with Crippen molar-refractivity contribution in [3.63, 3.8) is 0 Å². The molecule has 0 amide bonds. The van der Waals surface area contributed by atoms with Crippen LogP contribution < -0.4 is 10.1 Å². The van der Waals surface area contributed by atoms with Gasteiger partial charge in [-0.15, -0.1) is 0 Å². The van der Waals surface area contributed by atoms with E-state index in [9.17, 15) is 0 Å². The summed E-state index contributed by atoms with van der Waals surface area (Å²) in [4.78, 5) is 0. The van der Waals surface area contributed by atoms with E-state index in [2.05, 4.69) is 28.2 Å². The van der Waals surface area contributed by atoms with Crippen molar-refractivity contribution in [3.8, 4) is 5.75 Å². The van der Waals surface area contributed by atoms with Crippen LogP contribution in [0.4, 0.5) is 0 Å². The molecule has 2 unspecified atom stereocenters. The summed E-state index contributed by atoms with van der Waals surface area (Å²) in [5.74, 6) is 0.938. The largest absolute Gasteiger partial charge is 0.489 e. The molecule has 88 valence electrons. The van der Waals surface area contributed by atoms with E-state index in [0.29, 0.717) is 6.04 Å². The van der Waals surface area contributed by atoms with Crippen LogP contribution in [0.2, 0.25) is 0 Å². The Morgan fingerprint density at radius 3 is 3.00 bits per heavy atom. The molecule has 1 saturated heterocycles. The van der Waals surface area contributed by atoms with Gasteiger partial charge in [0.15, 0.2) is 0 Å². The maximum atomic E-state index is 5.92. The van der Waals surface area contributed by atoms with E-state index >= 15 is 0 Å². The van der Waals surface area contributed by atoms with Crippen molar-refractivity contribution >= 4 is 15.9 Å². The predicted molar refractivity (Wildman–Crippen MR) is 69.9 cm³/mol. The van der Waals surface area contributed by atoms with E-state index in [4.69, 9.17) is 4.74 Å². The third-order valence-electron chi connectivity index (χ3n) is 2.94. The zero-order valence-electron chi connectivity index (χ0n) is 9.58. The second-order valence-electron chi connectivity index (χ2n) is 4.39. The summed E-state index contributed by atoms with van der Waals surface area (Å²) in [6.07, 6.45) is 3.92. The highest BCUT2D eigenvalue weighted by Crippen LogP contribution is 2.26. The summed E-state index contributed by atoms with van der Waals surface area (Å²) in [6, 6.07) is 8.65. The molecule has 2 rings (SSSR count). The van der Waals surface area contributed by atoms with Gasteiger partial charge in [0.25, 0.3) is 0 Å². The molecule has 0 spiro atoms. The number of hydrogen-bond acceptors (Lipinski definition) is 2. The highest BCUT2D eigenvalue weighted by atomic mass is 79.9. The van der Waals surface area contributed by atoms with Gasteiger partial charge in [-0.2, -0.15) is 0 Å². The van der Waals surface area contributed by atoms with E-state index in [0.717, 1.165) is 23.2 Å². The number of ether oxygens (including phenoxy) is 1. The normalized spacial score (nSPS) is 22.0. The highest BCUT2D eigenvalue weighted by molar-refractivity contribution is 9.10. The Kier molecular flexibility index (Phi) is 4.24. The minimum absolute atomic E-state index is 0.259. The first-order valence-electron chi connectivity index (χ1n) is 5.90. The number of rotatable bonds is 4. The Bertz CT molecular complexity index is 336. The first kappa shape index (κ1) is 11.9. The summed E-state index contributed by atoms with van der Waals surface area (Å²) < 4.78 is 6.95. The molecule has 1 aromatic carbocycles. The van der Waals surface area contributed by atoms with E-state index in [1.807, 2.05) is 24.3 Å². The molecule has 16 heavy (non-hydrogen) atoms. The molecule has 0 aliphatic carbocycles. The Labute approximate surface area is 106 Å². The van der Waals surface area contributed by atoms with Gasteiger partial charge in [-0.25, -0.2) is 0 Å². The minimum atomic E-state index is 0.259. The highest BCUT2D eigenvalue weighted by Gasteiger charge is 2.18. The van der Waals surface area contributed by atoms with Gasteiger partial charge in [-0.3, -0.25) is 0 Å². The molecule has 2 atom stereocenters. The van der Waals surface area contributed by atoms with E-state index in [1.54, 1.807) is 0 Å². The molecule has 1 fully saturated rings. The van der Waals surface area contributed by atoms with Gasteiger partial charge in [0.05, 0.1) is 10.6 Å². The fraction of sp³-hybridized carbons (Fsp3) is 0.538. The van der Waals surface area contributed by atoms with Crippen LogP contribution in [0, 0.1) is 0 Å². The third kappa shape index (κ3) is 3.22. The van der Waals surface area contributed by atoms with E-state index in [-0.39, 0.29) is 6.10 Å². The topological polar surface area (TPSA) is 21.3 Å². The Morgan fingerprint density at radius 2 is 2.31 bits per heavy atom. The Hall–Kier alpha value is -0.540. The molecule has 1 aliphatic rings. The Balaban J connectivity index is 1.86. The van der Waals surface area contributed by atoms with Crippen molar-refractivity contribution in [2.75, 3.05) is 6.54 Å². The van der Waals surface area contributed by atoms with Crippen LogP contribution in [0.15, 0.2) is 28.7 Å². The van der Waals surface area contributed by atoms with E-state index < -0.39 is 0 Å². The molecule has 2 nitrogen and oxygen atoms in total. The van der Waals surface area contributed by atoms with Gasteiger partial charge >= 0.3 is 0 Å². The van der Waals surface area contributed by atoms with Crippen LogP contribution in [0.1, 0.15) is 26.2 Å². The summed E-state index contributed by atoms with van der Waals surface area (Å²) in [7, 11) is 0. The number of para-hydroxylation sites is 1. The zero-order chi connectivity index (χ0) is 11.4. The summed E-state index contributed by atoms with van der Waals surface area (Å²) in [5, 5.41) is 3.50. The lowest BCUT2D eigenvalue weighted by Crippen LogP contribution is -2.28. The van der Waals surface area contributed by atoms with Crippen LogP contribution in [-0.4, -0.2) is 18.7 Å². The molecule has 1 aliphatic heterocycles. The van der Waals surface area contributed by atoms with Gasteiger partial charge in [-0.1, -0.05) is 12.1 Å². The average Bonchev–Trinajstić information content (AvgIpc) is 2.74. The van der Waals surface area contributed by atoms with Crippen LogP contribution >= 0.6 is 15.9 Å². The second kappa shape index (κ2) is 5.69. The smallest absolute Gasteiger partial charge is 0.133 e. The Morgan fingerprint density at radius 1 is 1.50 bits per heavy atom. The predicted octanol–water partition coefficient (Wildman–Crippen LogP) is 3.36. The molecule has 0 bridgehead atoms. The van der Waals surface area contributed by atoms with Gasteiger partial charge in [0, 0.05) is 6.04 Å². The van der Waals surface area contributed by atoms with Crippen molar-refractivity contribution in [3.05, 3.63) is 28.7 Å². The molecule has 1 aromatic rings. The van der Waals surface area contributed by atoms with Crippen molar-refractivity contribution in [2.24, 2.45) is 0 Å². The summed E-state index contributed by atoms with van der Waals surface area (Å²) in [5.41, 5.74) is 0. The van der Waals surface area contributed by atoms with Crippen molar-refractivity contribution in [2.45, 2.75) is 38.3 Å². The molecule has 3 heteroatoms. The van der Waals surface area contributed by atoms with Gasteiger partial charge in [0.1, 0.15) is 5.75 Å². The van der Waals surface area contributed by atoms with Crippen LogP contribution in [0.3, 0.4) is 0 Å². The number of benzene rings is 1. The third-order valence-corrected chi connectivity index (χ3v) is 3.60. The molecule has 0 radical (unpaired) electrons. The standard InChI is InChI=1S/C13H18BrNO/c1-10(9-11-5-4-8-15-11)16-13-7-3-2-6-12(13)14/h2-3,6-7,10-11,15H,4-5,8-9H2,1H3. The maximum absolute atomic E-state index is 5.92. The lowest BCUT2D eigenvalue weighted by atomic mass is 10.1. The quantitative estimate of drug-likeness (QED) is 0.915. The molecule has 0 aromatic heterocycles. The minimum Gasteiger partial charge on any atom is -0.489 e. The van der Waals surface area contributed by atoms with Crippen LogP contribution in [0.5, 0.6) is 5.75 Å². The van der Waals surface area contributed by atoms with Gasteiger partial charge < -0.3 is 10.1 Å². The molecule has 1 N–H and O–H groups in total. The maximum Gasteiger partial charge on any atom is 0.133 e.